The lowest BCUT2D eigenvalue weighted by molar-refractivity contribution is 0.336. The Balaban J connectivity index is 2.66. The fraction of sp³-hybridized carbons (Fsp3) is 0.455. The quantitative estimate of drug-likeness (QED) is 0.681. The molecule has 0 fully saturated rings. The smallest absolute Gasteiger partial charge is 0.122 e. The van der Waals surface area contributed by atoms with Gasteiger partial charge in [-0.1, -0.05) is 18.2 Å². The molecule has 1 rings (SSSR count). The lowest BCUT2D eigenvalue weighted by Gasteiger charge is -2.08. The van der Waals surface area contributed by atoms with Crippen molar-refractivity contribution in [3.8, 4) is 5.75 Å². The molecular weight excluding hydrogens is 162 g/mol. The Morgan fingerprint density at radius 1 is 1.31 bits per heavy atom. The van der Waals surface area contributed by atoms with E-state index >= 15 is 0 Å². The van der Waals surface area contributed by atoms with Crippen molar-refractivity contribution in [3.05, 3.63) is 29.8 Å². The van der Waals surface area contributed by atoms with E-state index in [0.717, 1.165) is 18.6 Å². The van der Waals surface area contributed by atoms with E-state index in [4.69, 9.17) is 10.5 Å². The molecule has 2 heteroatoms. The van der Waals surface area contributed by atoms with Crippen LogP contribution < -0.4 is 10.5 Å². The highest BCUT2D eigenvalue weighted by Gasteiger charge is 2.00. The first-order valence-electron chi connectivity index (χ1n) is 4.73. The van der Waals surface area contributed by atoms with E-state index in [1.165, 1.54) is 5.56 Å². The van der Waals surface area contributed by atoms with Gasteiger partial charge in [0.15, 0.2) is 0 Å². The second-order valence-corrected chi connectivity index (χ2v) is 2.89. The van der Waals surface area contributed by atoms with Crippen LogP contribution in [0.15, 0.2) is 24.3 Å². The summed E-state index contributed by atoms with van der Waals surface area (Å²) in [5.41, 5.74) is 8.30. The van der Waals surface area contributed by atoms with Gasteiger partial charge in [0, 0.05) is 6.54 Å². The minimum Gasteiger partial charge on any atom is -0.494 e. The molecule has 0 spiro atoms. The van der Waals surface area contributed by atoms with Gasteiger partial charge in [-0.25, -0.2) is 0 Å². The van der Waals surface area contributed by atoms with Gasteiger partial charge in [0.2, 0.25) is 0 Å². The van der Waals surface area contributed by atoms with Crippen LogP contribution in [0.3, 0.4) is 0 Å². The summed E-state index contributed by atoms with van der Waals surface area (Å²) in [6.07, 6.45) is 1.85. The van der Waals surface area contributed by atoms with Crippen molar-refractivity contribution in [2.24, 2.45) is 0 Å². The van der Waals surface area contributed by atoms with Crippen molar-refractivity contribution in [1.29, 1.82) is 0 Å². The number of hydrogen-bond acceptors (Lipinski definition) is 1. The minimum absolute atomic E-state index is 0.487. The largest absolute Gasteiger partial charge is 0.494 e. The molecule has 0 heterocycles. The summed E-state index contributed by atoms with van der Waals surface area (Å²) in [5, 5.41) is 0. The van der Waals surface area contributed by atoms with Crippen LogP contribution >= 0.6 is 0 Å². The molecule has 13 heavy (non-hydrogen) atoms. The summed E-state index contributed by atoms with van der Waals surface area (Å²) in [6, 6.07) is 8.06. The van der Waals surface area contributed by atoms with Gasteiger partial charge >= 0.3 is 0 Å². The molecule has 0 aromatic heterocycles. The normalized spacial score (nSPS) is 10.0. The number of hydrogen-bond donors (Lipinski definition) is 0. The number of para-hydroxylation sites is 1. The van der Waals surface area contributed by atoms with E-state index < -0.39 is 0 Å². The molecule has 1 aromatic carbocycles. The SMILES string of the molecule is CCOc1ccccc1CCC[NH]. The van der Waals surface area contributed by atoms with Crippen LogP contribution in [0.25, 0.3) is 0 Å². The van der Waals surface area contributed by atoms with Crippen LogP contribution in [0.2, 0.25) is 0 Å². The molecule has 71 valence electrons. The molecule has 0 saturated carbocycles. The number of benzene rings is 1. The van der Waals surface area contributed by atoms with Gasteiger partial charge in [0.05, 0.1) is 6.61 Å². The summed E-state index contributed by atoms with van der Waals surface area (Å²) < 4.78 is 5.47. The van der Waals surface area contributed by atoms with Crippen LogP contribution in [0.1, 0.15) is 18.9 Å². The predicted octanol–water partition coefficient (Wildman–Crippen LogP) is 2.30. The molecule has 0 atom stereocenters. The van der Waals surface area contributed by atoms with Crippen molar-refractivity contribution in [1.82, 2.24) is 5.73 Å². The highest BCUT2D eigenvalue weighted by atomic mass is 16.5. The lowest BCUT2D eigenvalue weighted by Crippen LogP contribution is -1.97. The zero-order valence-corrected chi connectivity index (χ0v) is 8.05. The summed E-state index contributed by atoms with van der Waals surface area (Å²) in [4.78, 5) is 0. The molecule has 1 aromatic rings. The second kappa shape index (κ2) is 5.60. The Hall–Kier alpha value is -1.02. The van der Waals surface area contributed by atoms with Gasteiger partial charge in [-0.2, -0.15) is 0 Å². The third kappa shape index (κ3) is 3.07. The maximum atomic E-state index is 7.08. The highest BCUT2D eigenvalue weighted by Crippen LogP contribution is 2.19. The first kappa shape index (κ1) is 10.1. The van der Waals surface area contributed by atoms with Gasteiger partial charge in [0.1, 0.15) is 5.75 Å². The Bertz CT molecular complexity index is 248. The van der Waals surface area contributed by atoms with Crippen LogP contribution in [-0.2, 0) is 6.42 Å². The molecule has 1 radical (unpaired) electrons. The maximum absolute atomic E-state index is 7.08. The van der Waals surface area contributed by atoms with Gasteiger partial charge < -0.3 is 4.74 Å². The predicted molar refractivity (Wildman–Crippen MR) is 53.9 cm³/mol. The first-order valence-corrected chi connectivity index (χ1v) is 4.73. The molecule has 0 aliphatic carbocycles. The summed E-state index contributed by atoms with van der Waals surface area (Å²) >= 11 is 0. The zero-order valence-electron chi connectivity index (χ0n) is 8.05. The molecule has 0 amide bonds. The lowest BCUT2D eigenvalue weighted by atomic mass is 10.1. The van der Waals surface area contributed by atoms with Crippen LogP contribution in [0, 0.1) is 0 Å². The van der Waals surface area contributed by atoms with E-state index in [-0.39, 0.29) is 0 Å². The zero-order chi connectivity index (χ0) is 9.52. The second-order valence-electron chi connectivity index (χ2n) is 2.89. The van der Waals surface area contributed by atoms with Crippen molar-refractivity contribution in [2.45, 2.75) is 19.8 Å². The maximum Gasteiger partial charge on any atom is 0.122 e. The van der Waals surface area contributed by atoms with Crippen LogP contribution in [0.4, 0.5) is 0 Å². The van der Waals surface area contributed by atoms with Crippen LogP contribution in [0.5, 0.6) is 5.75 Å². The minimum atomic E-state index is 0.487. The molecule has 0 unspecified atom stereocenters. The average molecular weight is 178 g/mol. The van der Waals surface area contributed by atoms with Crippen LogP contribution in [-0.4, -0.2) is 13.2 Å². The third-order valence-corrected chi connectivity index (χ3v) is 1.90. The van der Waals surface area contributed by atoms with E-state index in [9.17, 15) is 0 Å². The molecule has 0 bridgehead atoms. The van der Waals surface area contributed by atoms with Crippen molar-refractivity contribution < 1.29 is 4.74 Å². The third-order valence-electron chi connectivity index (χ3n) is 1.90. The molecule has 0 aliphatic rings. The Kier molecular flexibility index (Phi) is 4.33. The van der Waals surface area contributed by atoms with E-state index in [1.54, 1.807) is 0 Å². The molecule has 1 N–H and O–H groups in total. The first-order chi connectivity index (χ1) is 6.38. The van der Waals surface area contributed by atoms with Crippen molar-refractivity contribution in [3.63, 3.8) is 0 Å². The fourth-order valence-corrected chi connectivity index (χ4v) is 1.29. The number of nitrogens with one attached hydrogen (secondary N) is 1. The molecule has 0 aliphatic heterocycles. The highest BCUT2D eigenvalue weighted by molar-refractivity contribution is 5.33. The fourth-order valence-electron chi connectivity index (χ4n) is 1.29. The molecular formula is C11H16NO. The summed E-state index contributed by atoms with van der Waals surface area (Å²) in [5.74, 6) is 0.971. The number of rotatable bonds is 5. The summed E-state index contributed by atoms with van der Waals surface area (Å²) in [6.45, 7) is 3.18. The molecule has 2 nitrogen and oxygen atoms in total. The van der Waals surface area contributed by atoms with Crippen molar-refractivity contribution in [2.75, 3.05) is 13.2 Å². The van der Waals surface area contributed by atoms with Gasteiger partial charge in [-0.3, -0.25) is 5.73 Å². The van der Waals surface area contributed by atoms with Gasteiger partial charge in [-0.15, -0.1) is 0 Å². The van der Waals surface area contributed by atoms with Gasteiger partial charge in [-0.05, 0) is 31.4 Å². The number of aryl methyl sites for hydroxylation is 1. The summed E-state index contributed by atoms with van der Waals surface area (Å²) in [7, 11) is 0. The van der Waals surface area contributed by atoms with Crippen molar-refractivity contribution >= 4 is 0 Å². The molecule has 0 saturated heterocycles. The topological polar surface area (TPSA) is 33.0 Å². The standard InChI is InChI=1S/C11H16NO/c1-2-13-11-8-4-3-6-10(11)7-5-9-12/h3-4,6,8,12H,2,5,7,9H2,1H3. The Morgan fingerprint density at radius 2 is 2.08 bits per heavy atom. The van der Waals surface area contributed by atoms with E-state index in [1.807, 2.05) is 25.1 Å². The Morgan fingerprint density at radius 3 is 2.77 bits per heavy atom. The van der Waals surface area contributed by atoms with Gasteiger partial charge in [0.25, 0.3) is 0 Å². The Labute approximate surface area is 79.7 Å². The number of ether oxygens (including phenoxy) is 1. The average Bonchev–Trinajstić information content (AvgIpc) is 2.17. The van der Waals surface area contributed by atoms with E-state index in [0.29, 0.717) is 13.2 Å². The monoisotopic (exact) mass is 178 g/mol. The van der Waals surface area contributed by atoms with E-state index in [2.05, 4.69) is 6.07 Å².